The quantitative estimate of drug-likeness (QED) is 0.825. The molecule has 0 unspecified atom stereocenters. The summed E-state index contributed by atoms with van der Waals surface area (Å²) in [6.07, 6.45) is 2.40. The highest BCUT2D eigenvalue weighted by molar-refractivity contribution is 5.85. The van der Waals surface area contributed by atoms with Crippen LogP contribution in [0.2, 0.25) is 0 Å². The van der Waals surface area contributed by atoms with Crippen LogP contribution in [0.5, 0.6) is 0 Å². The number of rotatable bonds is 2. The van der Waals surface area contributed by atoms with E-state index < -0.39 is 5.60 Å². The molecule has 2 aliphatic rings. The van der Waals surface area contributed by atoms with Crippen molar-refractivity contribution in [2.24, 2.45) is 5.92 Å². The summed E-state index contributed by atoms with van der Waals surface area (Å²) in [4.78, 5) is 16.3. The molecule has 5 nitrogen and oxygen atoms in total. The maximum atomic E-state index is 12.0. The Labute approximate surface area is 146 Å². The van der Waals surface area contributed by atoms with Gasteiger partial charge in [-0.1, -0.05) is 0 Å². The third-order valence-electron chi connectivity index (χ3n) is 4.00. The topological polar surface area (TPSA) is 44.8 Å². The molecule has 2 aliphatic heterocycles. The first kappa shape index (κ1) is 21.8. The van der Waals surface area contributed by atoms with E-state index in [1.807, 2.05) is 25.7 Å². The van der Waals surface area contributed by atoms with Gasteiger partial charge in [0, 0.05) is 32.7 Å². The lowest BCUT2D eigenvalue weighted by Crippen LogP contribution is -2.51. The minimum atomic E-state index is -0.399. The second kappa shape index (κ2) is 9.81. The zero-order chi connectivity index (χ0) is 14.6. The van der Waals surface area contributed by atoms with E-state index in [2.05, 4.69) is 10.2 Å². The maximum Gasteiger partial charge on any atom is 0.410 e. The number of piperidine rings is 1. The molecule has 132 valence electrons. The molecule has 2 fully saturated rings. The third kappa shape index (κ3) is 7.36. The van der Waals surface area contributed by atoms with Crippen molar-refractivity contribution in [2.75, 3.05) is 45.8 Å². The van der Waals surface area contributed by atoms with Gasteiger partial charge in [-0.3, -0.25) is 4.90 Å². The van der Waals surface area contributed by atoms with Crippen molar-refractivity contribution in [1.29, 1.82) is 0 Å². The van der Waals surface area contributed by atoms with E-state index in [9.17, 15) is 4.79 Å². The van der Waals surface area contributed by atoms with Gasteiger partial charge in [0.25, 0.3) is 0 Å². The van der Waals surface area contributed by atoms with Gasteiger partial charge < -0.3 is 15.0 Å². The molecule has 0 bridgehead atoms. The van der Waals surface area contributed by atoms with Gasteiger partial charge in [-0.15, -0.1) is 24.8 Å². The fraction of sp³-hybridized carbons (Fsp3) is 0.933. The smallest absolute Gasteiger partial charge is 0.410 e. The number of nitrogens with zero attached hydrogens (tertiary/aromatic N) is 2. The number of amides is 1. The van der Waals surface area contributed by atoms with E-state index in [0.717, 1.165) is 45.2 Å². The predicted molar refractivity (Wildman–Crippen MR) is 94.3 cm³/mol. The van der Waals surface area contributed by atoms with Crippen molar-refractivity contribution in [3.05, 3.63) is 0 Å². The summed E-state index contributed by atoms with van der Waals surface area (Å²) in [6.45, 7) is 12.8. The third-order valence-corrected chi connectivity index (χ3v) is 4.00. The van der Waals surface area contributed by atoms with Gasteiger partial charge in [0.05, 0.1) is 0 Å². The van der Waals surface area contributed by atoms with Gasteiger partial charge in [0.1, 0.15) is 5.60 Å². The first-order chi connectivity index (χ1) is 9.44. The molecule has 7 heteroatoms. The summed E-state index contributed by atoms with van der Waals surface area (Å²) in [5.41, 5.74) is -0.399. The second-order valence-electron chi connectivity index (χ2n) is 6.96. The molecule has 0 saturated carbocycles. The number of nitrogens with one attached hydrogen (secondary N) is 1. The molecule has 1 N–H and O–H groups in total. The molecule has 0 spiro atoms. The van der Waals surface area contributed by atoms with Crippen molar-refractivity contribution in [3.8, 4) is 0 Å². The van der Waals surface area contributed by atoms with Gasteiger partial charge in [-0.05, 0) is 52.6 Å². The number of piperazine rings is 1. The van der Waals surface area contributed by atoms with Gasteiger partial charge in [0.15, 0.2) is 0 Å². The van der Waals surface area contributed by atoms with Crippen molar-refractivity contribution >= 4 is 30.9 Å². The van der Waals surface area contributed by atoms with Crippen LogP contribution in [0.4, 0.5) is 4.79 Å². The normalized spacial score (nSPS) is 20.8. The van der Waals surface area contributed by atoms with Crippen LogP contribution in [0.15, 0.2) is 0 Å². The van der Waals surface area contributed by atoms with Crippen LogP contribution in [0.3, 0.4) is 0 Å². The Kier molecular flexibility index (Phi) is 9.71. The molecular formula is C15H31Cl2N3O2. The van der Waals surface area contributed by atoms with E-state index in [0.29, 0.717) is 0 Å². The van der Waals surface area contributed by atoms with Crippen molar-refractivity contribution in [3.63, 3.8) is 0 Å². The van der Waals surface area contributed by atoms with E-state index >= 15 is 0 Å². The fourth-order valence-corrected chi connectivity index (χ4v) is 2.87. The molecule has 1 amide bonds. The highest BCUT2D eigenvalue weighted by atomic mass is 35.5. The standard InChI is InChI=1S/C15H29N3O2.2ClH/c1-15(2,3)20-14(19)18-10-8-17(9-11-18)12-13-4-6-16-7-5-13;;/h13,16H,4-12H2,1-3H3;2*1H. The highest BCUT2D eigenvalue weighted by Crippen LogP contribution is 2.16. The number of carbonyl (C=O) groups is 1. The predicted octanol–water partition coefficient (Wildman–Crippen LogP) is 2.38. The SMILES string of the molecule is CC(C)(C)OC(=O)N1CCN(CC2CCNCC2)CC1.Cl.Cl. The molecule has 0 aromatic carbocycles. The molecule has 0 radical (unpaired) electrons. The maximum absolute atomic E-state index is 12.0. The zero-order valence-corrected chi connectivity index (χ0v) is 15.6. The molecule has 0 aromatic heterocycles. The minimum Gasteiger partial charge on any atom is -0.444 e. The summed E-state index contributed by atoms with van der Waals surface area (Å²) in [5.74, 6) is 0.823. The van der Waals surface area contributed by atoms with E-state index in [4.69, 9.17) is 4.74 Å². The lowest BCUT2D eigenvalue weighted by Gasteiger charge is -2.37. The number of hydrogen-bond donors (Lipinski definition) is 1. The minimum absolute atomic E-state index is 0. The van der Waals surface area contributed by atoms with Crippen LogP contribution in [0, 0.1) is 5.92 Å². The molecule has 2 saturated heterocycles. The molecule has 0 atom stereocenters. The zero-order valence-electron chi connectivity index (χ0n) is 14.0. The Bertz CT molecular complexity index is 323. The van der Waals surface area contributed by atoms with Crippen LogP contribution in [0.25, 0.3) is 0 Å². The Hall–Kier alpha value is -0.230. The van der Waals surface area contributed by atoms with E-state index in [-0.39, 0.29) is 30.9 Å². The molecule has 2 heterocycles. The average Bonchev–Trinajstić information content (AvgIpc) is 2.39. The van der Waals surface area contributed by atoms with Crippen molar-refractivity contribution in [2.45, 2.75) is 39.2 Å². The fourth-order valence-electron chi connectivity index (χ4n) is 2.87. The summed E-state index contributed by atoms with van der Waals surface area (Å²) in [7, 11) is 0. The van der Waals surface area contributed by atoms with Gasteiger partial charge in [-0.25, -0.2) is 4.79 Å². The van der Waals surface area contributed by atoms with Gasteiger partial charge >= 0.3 is 6.09 Å². The Morgan fingerprint density at radius 2 is 1.64 bits per heavy atom. The monoisotopic (exact) mass is 355 g/mol. The van der Waals surface area contributed by atoms with Gasteiger partial charge in [0.2, 0.25) is 0 Å². The number of halogens is 2. The largest absolute Gasteiger partial charge is 0.444 e. The summed E-state index contributed by atoms with van der Waals surface area (Å²) in [6, 6.07) is 0. The van der Waals surface area contributed by atoms with Crippen LogP contribution < -0.4 is 5.32 Å². The molecule has 2 rings (SSSR count). The summed E-state index contributed by atoms with van der Waals surface area (Å²) in [5, 5.41) is 3.41. The highest BCUT2D eigenvalue weighted by Gasteiger charge is 2.27. The van der Waals surface area contributed by atoms with E-state index in [1.165, 1.54) is 19.4 Å². The van der Waals surface area contributed by atoms with Crippen molar-refractivity contribution in [1.82, 2.24) is 15.1 Å². The molecular weight excluding hydrogens is 325 g/mol. The summed E-state index contributed by atoms with van der Waals surface area (Å²) >= 11 is 0. The Morgan fingerprint density at radius 1 is 1.09 bits per heavy atom. The Morgan fingerprint density at radius 3 is 2.14 bits per heavy atom. The lowest BCUT2D eigenvalue weighted by molar-refractivity contribution is 0.0129. The summed E-state index contributed by atoms with van der Waals surface area (Å²) < 4.78 is 5.42. The average molecular weight is 356 g/mol. The van der Waals surface area contributed by atoms with Crippen LogP contribution >= 0.6 is 24.8 Å². The van der Waals surface area contributed by atoms with Crippen LogP contribution in [-0.2, 0) is 4.74 Å². The van der Waals surface area contributed by atoms with Crippen LogP contribution in [-0.4, -0.2) is 67.3 Å². The first-order valence-electron chi connectivity index (χ1n) is 7.85. The first-order valence-corrected chi connectivity index (χ1v) is 7.85. The Balaban J connectivity index is 0.00000220. The van der Waals surface area contributed by atoms with E-state index in [1.54, 1.807) is 0 Å². The van der Waals surface area contributed by atoms with Crippen LogP contribution in [0.1, 0.15) is 33.6 Å². The van der Waals surface area contributed by atoms with Crippen molar-refractivity contribution < 1.29 is 9.53 Å². The molecule has 0 aromatic rings. The number of carbonyl (C=O) groups excluding carboxylic acids is 1. The number of hydrogen-bond acceptors (Lipinski definition) is 4. The molecule has 22 heavy (non-hydrogen) atoms. The lowest BCUT2D eigenvalue weighted by atomic mass is 9.97. The molecule has 0 aliphatic carbocycles. The van der Waals surface area contributed by atoms with Gasteiger partial charge in [-0.2, -0.15) is 0 Å². The second-order valence-corrected chi connectivity index (χ2v) is 6.96. The number of ether oxygens (including phenoxy) is 1.